The third kappa shape index (κ3) is 4.06. The highest BCUT2D eigenvalue weighted by atomic mass is 16.6. The van der Waals surface area contributed by atoms with Crippen LogP contribution in [0.4, 0.5) is 4.79 Å². The van der Waals surface area contributed by atoms with Crippen molar-refractivity contribution in [2.45, 2.75) is 65.0 Å². The first kappa shape index (κ1) is 14.1. The van der Waals surface area contributed by atoms with Gasteiger partial charge in [0.2, 0.25) is 0 Å². The summed E-state index contributed by atoms with van der Waals surface area (Å²) in [5.74, 6) is 0. The molecule has 1 atom stereocenters. The Labute approximate surface area is 105 Å². The van der Waals surface area contributed by atoms with Gasteiger partial charge < -0.3 is 9.64 Å². The Bertz CT molecular complexity index is 291. The molecule has 3 nitrogen and oxygen atoms in total. The fourth-order valence-electron chi connectivity index (χ4n) is 2.13. The van der Waals surface area contributed by atoms with E-state index >= 15 is 0 Å². The second-order valence-corrected chi connectivity index (χ2v) is 5.70. The van der Waals surface area contributed by atoms with Gasteiger partial charge in [0.25, 0.3) is 0 Å². The van der Waals surface area contributed by atoms with Crippen LogP contribution < -0.4 is 0 Å². The second kappa shape index (κ2) is 5.56. The largest absolute Gasteiger partial charge is 0.444 e. The first-order chi connectivity index (χ1) is 7.85. The van der Waals surface area contributed by atoms with Gasteiger partial charge in [-0.2, -0.15) is 0 Å². The summed E-state index contributed by atoms with van der Waals surface area (Å²) in [5.41, 5.74) is 0.711. The van der Waals surface area contributed by atoms with Crippen LogP contribution in [0, 0.1) is 0 Å². The first-order valence-corrected chi connectivity index (χ1v) is 6.52. The number of amides is 1. The maximum atomic E-state index is 12.1. The van der Waals surface area contributed by atoms with E-state index in [4.69, 9.17) is 4.74 Å². The monoisotopic (exact) mass is 239 g/mol. The molecule has 1 fully saturated rings. The highest BCUT2D eigenvalue weighted by molar-refractivity contribution is 5.69. The summed E-state index contributed by atoms with van der Waals surface area (Å²) >= 11 is 0. The topological polar surface area (TPSA) is 29.5 Å². The summed E-state index contributed by atoms with van der Waals surface area (Å²) in [5, 5.41) is 0. The van der Waals surface area contributed by atoms with Gasteiger partial charge in [0.05, 0.1) is 6.04 Å². The fourth-order valence-corrected chi connectivity index (χ4v) is 2.13. The zero-order valence-electron chi connectivity index (χ0n) is 11.6. The van der Waals surface area contributed by atoms with Gasteiger partial charge in [-0.3, -0.25) is 0 Å². The number of carbonyl (C=O) groups is 1. The zero-order chi connectivity index (χ0) is 13.1. The van der Waals surface area contributed by atoms with Crippen molar-refractivity contribution >= 4 is 6.09 Å². The van der Waals surface area contributed by atoms with Crippen LogP contribution in [-0.2, 0) is 4.74 Å². The molecule has 1 rings (SSSR count). The molecule has 0 saturated carbocycles. The molecule has 0 unspecified atom stereocenters. The van der Waals surface area contributed by atoms with Crippen molar-refractivity contribution in [2.24, 2.45) is 0 Å². The Kier molecular flexibility index (Phi) is 4.61. The molecule has 17 heavy (non-hydrogen) atoms. The summed E-state index contributed by atoms with van der Waals surface area (Å²) in [4.78, 5) is 14.0. The molecule has 1 amide bonds. The van der Waals surface area contributed by atoms with Crippen molar-refractivity contribution in [3.63, 3.8) is 0 Å². The number of nitrogens with zero attached hydrogens (tertiary/aromatic N) is 1. The smallest absolute Gasteiger partial charge is 0.410 e. The molecular weight excluding hydrogens is 214 g/mol. The van der Waals surface area contributed by atoms with Crippen LogP contribution in [0.25, 0.3) is 0 Å². The Morgan fingerprint density at radius 3 is 2.59 bits per heavy atom. The van der Waals surface area contributed by atoms with Gasteiger partial charge in [-0.1, -0.05) is 19.1 Å². The van der Waals surface area contributed by atoms with Gasteiger partial charge in [0, 0.05) is 6.54 Å². The average Bonchev–Trinajstić information content (AvgIpc) is 2.25. The fraction of sp³-hybridized carbons (Fsp3) is 0.786. The second-order valence-electron chi connectivity index (χ2n) is 5.70. The number of piperidine rings is 1. The SMILES string of the molecule is C=C(CC)[C@H]1CCCCN1C(=O)OC(C)(C)C. The van der Waals surface area contributed by atoms with Crippen molar-refractivity contribution in [3.05, 3.63) is 12.2 Å². The number of hydrogen-bond acceptors (Lipinski definition) is 2. The minimum absolute atomic E-state index is 0.170. The van der Waals surface area contributed by atoms with Crippen LogP contribution in [0.3, 0.4) is 0 Å². The van der Waals surface area contributed by atoms with Crippen LogP contribution in [0.2, 0.25) is 0 Å². The molecule has 0 aromatic heterocycles. The maximum Gasteiger partial charge on any atom is 0.410 e. The van der Waals surface area contributed by atoms with E-state index in [-0.39, 0.29) is 12.1 Å². The van der Waals surface area contributed by atoms with E-state index < -0.39 is 5.60 Å². The third-order valence-corrected chi connectivity index (χ3v) is 3.06. The lowest BCUT2D eigenvalue weighted by Gasteiger charge is -2.37. The predicted molar refractivity (Wildman–Crippen MR) is 70.0 cm³/mol. The van der Waals surface area contributed by atoms with Crippen molar-refractivity contribution in [1.29, 1.82) is 0 Å². The molecule has 0 aromatic rings. The van der Waals surface area contributed by atoms with Crippen LogP contribution in [-0.4, -0.2) is 29.2 Å². The molecule has 0 N–H and O–H groups in total. The summed E-state index contributed by atoms with van der Waals surface area (Å²) in [6.45, 7) is 12.7. The molecule has 1 saturated heterocycles. The highest BCUT2D eigenvalue weighted by Gasteiger charge is 2.31. The van der Waals surface area contributed by atoms with E-state index in [9.17, 15) is 4.79 Å². The van der Waals surface area contributed by atoms with E-state index in [1.165, 1.54) is 6.42 Å². The number of rotatable bonds is 2. The highest BCUT2D eigenvalue weighted by Crippen LogP contribution is 2.25. The van der Waals surface area contributed by atoms with Crippen molar-refractivity contribution < 1.29 is 9.53 Å². The lowest BCUT2D eigenvalue weighted by molar-refractivity contribution is 0.0136. The molecule has 1 heterocycles. The van der Waals surface area contributed by atoms with Crippen molar-refractivity contribution in [1.82, 2.24) is 4.90 Å². The zero-order valence-corrected chi connectivity index (χ0v) is 11.6. The first-order valence-electron chi connectivity index (χ1n) is 6.52. The lowest BCUT2D eigenvalue weighted by Crippen LogP contribution is -2.46. The van der Waals surface area contributed by atoms with Gasteiger partial charge >= 0.3 is 6.09 Å². The van der Waals surface area contributed by atoms with Crippen LogP contribution >= 0.6 is 0 Å². The Balaban J connectivity index is 2.71. The molecule has 3 heteroatoms. The van der Waals surface area contributed by atoms with Crippen molar-refractivity contribution in [2.75, 3.05) is 6.54 Å². The standard InChI is InChI=1S/C14H25NO2/c1-6-11(2)12-9-7-8-10-15(12)13(16)17-14(3,4)5/h12H,2,6-10H2,1,3-5H3/t12-/m1/s1. The molecule has 0 spiro atoms. The number of likely N-dealkylation sites (tertiary alicyclic amines) is 1. The van der Waals surface area contributed by atoms with E-state index in [1.54, 1.807) is 0 Å². The summed E-state index contributed by atoms with van der Waals surface area (Å²) in [6.07, 6.45) is 3.97. The molecular formula is C14H25NO2. The Morgan fingerprint density at radius 1 is 1.41 bits per heavy atom. The normalized spacial score (nSPS) is 21.2. The summed E-state index contributed by atoms with van der Waals surface area (Å²) in [6, 6.07) is 0.170. The maximum absolute atomic E-state index is 12.1. The molecule has 1 aliphatic heterocycles. The van der Waals surface area contributed by atoms with Crippen LogP contribution in [0.15, 0.2) is 12.2 Å². The third-order valence-electron chi connectivity index (χ3n) is 3.06. The molecule has 0 aromatic carbocycles. The van der Waals surface area contributed by atoms with Gasteiger partial charge in [-0.15, -0.1) is 0 Å². The van der Waals surface area contributed by atoms with Crippen LogP contribution in [0.1, 0.15) is 53.4 Å². The van der Waals surface area contributed by atoms with E-state index in [0.717, 1.165) is 31.4 Å². The van der Waals surface area contributed by atoms with E-state index in [0.29, 0.717) is 0 Å². The molecule has 98 valence electrons. The Morgan fingerprint density at radius 2 is 2.06 bits per heavy atom. The quantitative estimate of drug-likeness (QED) is 0.687. The summed E-state index contributed by atoms with van der Waals surface area (Å²) in [7, 11) is 0. The van der Waals surface area contributed by atoms with Crippen molar-refractivity contribution in [3.8, 4) is 0 Å². The van der Waals surface area contributed by atoms with Gasteiger partial charge in [-0.25, -0.2) is 4.79 Å². The number of ether oxygens (including phenoxy) is 1. The van der Waals surface area contributed by atoms with Gasteiger partial charge in [0.1, 0.15) is 5.60 Å². The Hall–Kier alpha value is -0.990. The summed E-state index contributed by atoms with van der Waals surface area (Å²) < 4.78 is 5.45. The van der Waals surface area contributed by atoms with E-state index in [1.807, 2.05) is 25.7 Å². The number of hydrogen-bond donors (Lipinski definition) is 0. The lowest BCUT2D eigenvalue weighted by atomic mass is 9.95. The number of carbonyl (C=O) groups excluding carboxylic acids is 1. The van der Waals surface area contributed by atoms with Crippen LogP contribution in [0.5, 0.6) is 0 Å². The predicted octanol–water partition coefficient (Wildman–Crippen LogP) is 3.74. The molecule has 0 bridgehead atoms. The minimum atomic E-state index is -0.424. The molecule has 1 aliphatic rings. The minimum Gasteiger partial charge on any atom is -0.444 e. The average molecular weight is 239 g/mol. The van der Waals surface area contributed by atoms with Gasteiger partial charge in [0.15, 0.2) is 0 Å². The van der Waals surface area contributed by atoms with E-state index in [2.05, 4.69) is 13.5 Å². The van der Waals surface area contributed by atoms with Gasteiger partial charge in [-0.05, 0) is 46.5 Å². The molecule has 0 aliphatic carbocycles. The molecule has 0 radical (unpaired) electrons.